The van der Waals surface area contributed by atoms with E-state index in [-0.39, 0.29) is 11.3 Å². The molecule has 0 bridgehead atoms. The van der Waals surface area contributed by atoms with Crippen LogP contribution in [-0.4, -0.2) is 17.8 Å². The number of carbonyl (C=O) groups excluding carboxylic acids is 3. The van der Waals surface area contributed by atoms with E-state index in [4.69, 9.17) is 27.6 Å². The highest BCUT2D eigenvalue weighted by Crippen LogP contribution is 2.32. The molecule has 0 spiro atoms. The Balaban J connectivity index is 1.71. The second kappa shape index (κ2) is 7.82. The predicted molar refractivity (Wildman–Crippen MR) is 114 cm³/mol. The highest BCUT2D eigenvalue weighted by atomic mass is 35.5. The third-order valence-electron chi connectivity index (χ3n) is 4.57. The molecule has 3 aromatic rings. The lowest BCUT2D eigenvalue weighted by molar-refractivity contribution is -0.122. The van der Waals surface area contributed by atoms with Crippen molar-refractivity contribution in [3.8, 4) is 11.3 Å². The molecule has 2 heterocycles. The minimum absolute atomic E-state index is 0.226. The first-order chi connectivity index (χ1) is 14.3. The lowest BCUT2D eigenvalue weighted by atomic mass is 10.1. The molecule has 150 valence electrons. The maximum absolute atomic E-state index is 13.0. The van der Waals surface area contributed by atoms with Crippen molar-refractivity contribution in [1.82, 2.24) is 5.32 Å². The van der Waals surface area contributed by atoms with Crippen LogP contribution in [0.2, 0.25) is 10.0 Å². The lowest BCUT2D eigenvalue weighted by Crippen LogP contribution is -2.54. The molecule has 1 aromatic heterocycles. The van der Waals surface area contributed by atoms with Gasteiger partial charge in [-0.05, 0) is 55.0 Å². The Bertz CT molecular complexity index is 1230. The first-order valence-electron chi connectivity index (χ1n) is 8.87. The van der Waals surface area contributed by atoms with Crippen LogP contribution in [0.3, 0.4) is 0 Å². The van der Waals surface area contributed by atoms with Gasteiger partial charge in [0.05, 0.1) is 10.7 Å². The zero-order valence-corrected chi connectivity index (χ0v) is 17.1. The number of barbiturate groups is 1. The van der Waals surface area contributed by atoms with Crippen LogP contribution in [0.4, 0.5) is 10.5 Å². The number of halogens is 2. The normalized spacial score (nSPS) is 15.6. The quantitative estimate of drug-likeness (QED) is 0.446. The number of hydrogen-bond acceptors (Lipinski definition) is 4. The van der Waals surface area contributed by atoms with Gasteiger partial charge in [0.2, 0.25) is 0 Å². The number of furan rings is 1. The number of aryl methyl sites for hydroxylation is 1. The molecule has 4 rings (SSSR count). The number of rotatable bonds is 3. The smallest absolute Gasteiger partial charge is 0.335 e. The number of para-hydroxylation sites is 1. The van der Waals surface area contributed by atoms with E-state index in [1.165, 1.54) is 6.08 Å². The Hall–Kier alpha value is -3.35. The molecule has 6 nitrogen and oxygen atoms in total. The lowest BCUT2D eigenvalue weighted by Gasteiger charge is -2.27. The van der Waals surface area contributed by atoms with Gasteiger partial charge in [-0.3, -0.25) is 14.9 Å². The van der Waals surface area contributed by atoms with Gasteiger partial charge in [0, 0.05) is 10.6 Å². The number of imide groups is 2. The zero-order chi connectivity index (χ0) is 21.4. The highest BCUT2D eigenvalue weighted by molar-refractivity contribution is 6.39. The van der Waals surface area contributed by atoms with Gasteiger partial charge in [-0.15, -0.1) is 0 Å². The number of nitrogens with zero attached hydrogens (tertiary/aromatic N) is 1. The van der Waals surface area contributed by atoms with E-state index in [0.29, 0.717) is 32.6 Å². The molecule has 4 amide bonds. The fourth-order valence-corrected chi connectivity index (χ4v) is 3.48. The van der Waals surface area contributed by atoms with Gasteiger partial charge in [-0.2, -0.15) is 0 Å². The van der Waals surface area contributed by atoms with Gasteiger partial charge >= 0.3 is 6.03 Å². The van der Waals surface area contributed by atoms with Gasteiger partial charge in [0.25, 0.3) is 11.8 Å². The molecular weight excluding hydrogens is 427 g/mol. The predicted octanol–water partition coefficient (Wildman–Crippen LogP) is 5.23. The second-order valence-corrected chi connectivity index (χ2v) is 7.41. The van der Waals surface area contributed by atoms with Crippen LogP contribution in [0.25, 0.3) is 17.4 Å². The molecule has 8 heteroatoms. The summed E-state index contributed by atoms with van der Waals surface area (Å²) >= 11 is 12.2. The molecule has 0 radical (unpaired) electrons. The van der Waals surface area contributed by atoms with Crippen LogP contribution < -0.4 is 10.2 Å². The molecule has 0 aliphatic carbocycles. The van der Waals surface area contributed by atoms with E-state index in [2.05, 4.69) is 5.32 Å². The summed E-state index contributed by atoms with van der Waals surface area (Å²) in [5, 5.41) is 3.12. The molecular formula is C22H14Cl2N2O4. The fourth-order valence-electron chi connectivity index (χ4n) is 3.09. The van der Waals surface area contributed by atoms with E-state index in [1.54, 1.807) is 61.5 Å². The molecule has 0 atom stereocenters. The molecule has 1 fully saturated rings. The fraction of sp³-hybridized carbons (Fsp3) is 0.0455. The van der Waals surface area contributed by atoms with Crippen LogP contribution in [0.5, 0.6) is 0 Å². The van der Waals surface area contributed by atoms with E-state index in [9.17, 15) is 14.4 Å². The Kier molecular flexibility index (Phi) is 5.20. The van der Waals surface area contributed by atoms with Crippen molar-refractivity contribution in [1.29, 1.82) is 0 Å². The average Bonchev–Trinajstić information content (AvgIpc) is 3.17. The summed E-state index contributed by atoms with van der Waals surface area (Å²) < 4.78 is 5.74. The number of carbonyl (C=O) groups is 3. The summed E-state index contributed by atoms with van der Waals surface area (Å²) in [6, 6.07) is 14.3. The van der Waals surface area contributed by atoms with Crippen molar-refractivity contribution in [3.05, 3.63) is 81.5 Å². The van der Waals surface area contributed by atoms with Crippen molar-refractivity contribution < 1.29 is 18.8 Å². The van der Waals surface area contributed by atoms with Gasteiger partial charge < -0.3 is 4.42 Å². The number of benzene rings is 2. The van der Waals surface area contributed by atoms with E-state index >= 15 is 0 Å². The zero-order valence-electron chi connectivity index (χ0n) is 15.6. The maximum atomic E-state index is 13.0. The van der Waals surface area contributed by atoms with Gasteiger partial charge in [-0.25, -0.2) is 9.69 Å². The summed E-state index contributed by atoms with van der Waals surface area (Å²) in [5.74, 6) is -0.867. The summed E-state index contributed by atoms with van der Waals surface area (Å²) in [6.45, 7) is 1.77. The Morgan fingerprint density at radius 2 is 1.77 bits per heavy atom. The third-order valence-corrected chi connectivity index (χ3v) is 5.13. The molecule has 2 aromatic carbocycles. The molecule has 0 unspecified atom stereocenters. The molecule has 0 saturated carbocycles. The van der Waals surface area contributed by atoms with E-state index in [1.807, 2.05) is 0 Å². The van der Waals surface area contributed by atoms with Crippen LogP contribution >= 0.6 is 23.2 Å². The number of urea groups is 1. The number of nitrogens with one attached hydrogen (secondary N) is 1. The Morgan fingerprint density at radius 1 is 1.00 bits per heavy atom. The summed E-state index contributed by atoms with van der Waals surface area (Å²) in [6.07, 6.45) is 1.29. The highest BCUT2D eigenvalue weighted by Gasteiger charge is 2.37. The first kappa shape index (κ1) is 19.9. The first-order valence-corrected chi connectivity index (χ1v) is 9.63. The minimum Gasteiger partial charge on any atom is -0.457 e. The minimum atomic E-state index is -0.803. The van der Waals surface area contributed by atoms with Gasteiger partial charge in [0.15, 0.2) is 0 Å². The molecule has 1 aliphatic rings. The molecule has 30 heavy (non-hydrogen) atoms. The molecule has 1 saturated heterocycles. The Labute approximate surface area is 181 Å². The van der Waals surface area contributed by atoms with Gasteiger partial charge in [-0.1, -0.05) is 41.4 Å². The van der Waals surface area contributed by atoms with Crippen molar-refractivity contribution in [3.63, 3.8) is 0 Å². The number of amides is 4. The SMILES string of the molecule is Cc1ccccc1N1C(=O)NC(=O)/C(=C\c2ccc(-c3cc(Cl)ccc3Cl)o2)C1=O. The third kappa shape index (κ3) is 3.63. The largest absolute Gasteiger partial charge is 0.457 e. The van der Waals surface area contributed by atoms with Crippen LogP contribution in [0.15, 0.2) is 64.6 Å². The topological polar surface area (TPSA) is 79.6 Å². The number of hydrogen-bond donors (Lipinski definition) is 1. The van der Waals surface area contributed by atoms with Crippen molar-refractivity contribution >= 4 is 52.8 Å². The van der Waals surface area contributed by atoms with Gasteiger partial charge in [0.1, 0.15) is 17.1 Å². The van der Waals surface area contributed by atoms with E-state index in [0.717, 1.165) is 4.90 Å². The summed E-state index contributed by atoms with van der Waals surface area (Å²) in [7, 11) is 0. The van der Waals surface area contributed by atoms with Crippen LogP contribution in [-0.2, 0) is 9.59 Å². The van der Waals surface area contributed by atoms with Crippen LogP contribution in [0.1, 0.15) is 11.3 Å². The summed E-state index contributed by atoms with van der Waals surface area (Å²) in [4.78, 5) is 38.6. The standard InChI is InChI=1S/C22H14Cl2N2O4/c1-12-4-2-3-5-18(12)26-21(28)16(20(27)25-22(26)29)11-14-7-9-19(30-14)15-10-13(23)6-8-17(15)24/h2-11H,1H3,(H,25,27,29)/b16-11+. The van der Waals surface area contributed by atoms with Crippen molar-refractivity contribution in [2.24, 2.45) is 0 Å². The van der Waals surface area contributed by atoms with Crippen molar-refractivity contribution in [2.45, 2.75) is 6.92 Å². The maximum Gasteiger partial charge on any atom is 0.335 e. The van der Waals surface area contributed by atoms with Crippen molar-refractivity contribution in [2.75, 3.05) is 4.90 Å². The second-order valence-electron chi connectivity index (χ2n) is 6.57. The number of anilines is 1. The Morgan fingerprint density at radius 3 is 2.53 bits per heavy atom. The average molecular weight is 441 g/mol. The monoisotopic (exact) mass is 440 g/mol. The molecule has 1 aliphatic heterocycles. The summed E-state index contributed by atoms with van der Waals surface area (Å²) in [5.41, 5.74) is 1.45. The van der Waals surface area contributed by atoms with E-state index < -0.39 is 17.8 Å². The molecule has 1 N–H and O–H groups in total. The van der Waals surface area contributed by atoms with Crippen LogP contribution in [0, 0.1) is 6.92 Å².